The van der Waals surface area contributed by atoms with Gasteiger partial charge in [-0.15, -0.1) is 0 Å². The zero-order chi connectivity index (χ0) is 16.2. The first-order valence-corrected chi connectivity index (χ1v) is 8.93. The van der Waals surface area contributed by atoms with E-state index in [9.17, 15) is 18.3 Å². The van der Waals surface area contributed by atoms with E-state index < -0.39 is 15.9 Å². The predicted octanol–water partition coefficient (Wildman–Crippen LogP) is 0.0984. The van der Waals surface area contributed by atoms with Gasteiger partial charge in [-0.3, -0.25) is 4.79 Å². The molecule has 0 heterocycles. The molecule has 0 radical (unpaired) electrons. The van der Waals surface area contributed by atoms with E-state index in [-0.39, 0.29) is 41.5 Å². The zero-order valence-corrected chi connectivity index (χ0v) is 13.0. The molecule has 2 rings (SSSR count). The number of aliphatic hydroxyl groups excluding tert-OH is 2. The number of sulfone groups is 1. The van der Waals surface area contributed by atoms with Crippen LogP contribution in [0.5, 0.6) is 0 Å². The van der Waals surface area contributed by atoms with Gasteiger partial charge < -0.3 is 15.5 Å². The maximum atomic E-state index is 12.1. The third-order valence-corrected chi connectivity index (χ3v) is 5.69. The molecule has 3 atom stereocenters. The Balaban J connectivity index is 1.84. The Hall–Kier alpha value is -1.44. The Kier molecular flexibility index (Phi) is 5.55. The number of benzene rings is 1. The summed E-state index contributed by atoms with van der Waals surface area (Å²) in [5.74, 6) is -0.824. The molecule has 0 aliphatic heterocycles. The second-order valence-corrected chi connectivity index (χ2v) is 7.74. The van der Waals surface area contributed by atoms with E-state index in [0.29, 0.717) is 12.8 Å². The van der Waals surface area contributed by atoms with Crippen LogP contribution in [-0.4, -0.2) is 49.0 Å². The average molecular weight is 327 g/mol. The number of nitrogens with one attached hydrogen (secondary N) is 1. The van der Waals surface area contributed by atoms with Gasteiger partial charge in [0, 0.05) is 25.0 Å². The van der Waals surface area contributed by atoms with Gasteiger partial charge in [0.2, 0.25) is 5.91 Å². The van der Waals surface area contributed by atoms with Gasteiger partial charge in [-0.1, -0.05) is 18.2 Å². The van der Waals surface area contributed by atoms with E-state index in [4.69, 9.17) is 5.11 Å². The molecule has 0 saturated heterocycles. The summed E-state index contributed by atoms with van der Waals surface area (Å²) >= 11 is 0. The number of carbonyl (C=O) groups is 1. The molecule has 1 fully saturated rings. The van der Waals surface area contributed by atoms with Crippen LogP contribution in [0.1, 0.15) is 19.3 Å². The van der Waals surface area contributed by atoms with E-state index in [1.807, 2.05) is 0 Å². The van der Waals surface area contributed by atoms with Crippen LogP contribution in [0.4, 0.5) is 0 Å². The van der Waals surface area contributed by atoms with E-state index in [2.05, 4.69) is 5.32 Å². The maximum absolute atomic E-state index is 12.1. The van der Waals surface area contributed by atoms with Crippen molar-refractivity contribution >= 4 is 15.7 Å². The van der Waals surface area contributed by atoms with Crippen LogP contribution in [-0.2, 0) is 14.6 Å². The van der Waals surface area contributed by atoms with Gasteiger partial charge >= 0.3 is 0 Å². The van der Waals surface area contributed by atoms with Crippen molar-refractivity contribution in [2.24, 2.45) is 5.92 Å². The average Bonchev–Trinajstić information content (AvgIpc) is 2.86. The van der Waals surface area contributed by atoms with E-state index in [0.717, 1.165) is 0 Å². The van der Waals surface area contributed by atoms with Crippen molar-refractivity contribution in [3.63, 3.8) is 0 Å². The maximum Gasteiger partial charge on any atom is 0.221 e. The number of rotatable bonds is 6. The molecule has 7 heteroatoms. The molecule has 1 aliphatic carbocycles. The number of hydrogen-bond acceptors (Lipinski definition) is 5. The smallest absolute Gasteiger partial charge is 0.221 e. The Morgan fingerprint density at radius 1 is 1.23 bits per heavy atom. The largest absolute Gasteiger partial charge is 0.396 e. The van der Waals surface area contributed by atoms with Crippen LogP contribution in [0.25, 0.3) is 0 Å². The quantitative estimate of drug-likeness (QED) is 0.687. The lowest BCUT2D eigenvalue weighted by Gasteiger charge is -2.12. The third kappa shape index (κ3) is 4.28. The van der Waals surface area contributed by atoms with Crippen molar-refractivity contribution in [1.29, 1.82) is 0 Å². The van der Waals surface area contributed by atoms with Crippen molar-refractivity contribution in [3.05, 3.63) is 30.3 Å². The Labute approximate surface area is 130 Å². The lowest BCUT2D eigenvalue weighted by Crippen LogP contribution is -2.34. The fraction of sp³-hybridized carbons (Fsp3) is 0.533. The minimum Gasteiger partial charge on any atom is -0.396 e. The number of amides is 1. The molecule has 0 bridgehead atoms. The van der Waals surface area contributed by atoms with Gasteiger partial charge in [-0.05, 0) is 25.0 Å². The summed E-state index contributed by atoms with van der Waals surface area (Å²) in [7, 11) is -3.47. The SMILES string of the molecule is O=C(CCS(=O)(=O)c1ccccc1)N[C@H]1C[C@@H](CO)[C@H](O)C1. The highest BCUT2D eigenvalue weighted by molar-refractivity contribution is 7.91. The van der Waals surface area contributed by atoms with E-state index in [1.165, 1.54) is 12.1 Å². The van der Waals surface area contributed by atoms with Gasteiger partial charge in [-0.2, -0.15) is 0 Å². The van der Waals surface area contributed by atoms with Crippen LogP contribution >= 0.6 is 0 Å². The number of aliphatic hydroxyl groups is 2. The van der Waals surface area contributed by atoms with Crippen LogP contribution in [0.15, 0.2) is 35.2 Å². The highest BCUT2D eigenvalue weighted by Crippen LogP contribution is 2.25. The monoisotopic (exact) mass is 327 g/mol. The summed E-state index contributed by atoms with van der Waals surface area (Å²) in [6.45, 7) is -0.115. The topological polar surface area (TPSA) is 104 Å². The summed E-state index contributed by atoms with van der Waals surface area (Å²) in [4.78, 5) is 12.1. The molecule has 1 aromatic rings. The Morgan fingerprint density at radius 2 is 1.91 bits per heavy atom. The number of carbonyl (C=O) groups excluding carboxylic acids is 1. The third-order valence-electron chi connectivity index (χ3n) is 3.96. The van der Waals surface area contributed by atoms with Gasteiger partial charge in [0.1, 0.15) is 0 Å². The first-order chi connectivity index (χ1) is 10.4. The fourth-order valence-electron chi connectivity index (χ4n) is 2.69. The van der Waals surface area contributed by atoms with E-state index in [1.54, 1.807) is 18.2 Å². The molecule has 6 nitrogen and oxygen atoms in total. The van der Waals surface area contributed by atoms with Crippen LogP contribution in [0.2, 0.25) is 0 Å². The molecule has 122 valence electrons. The van der Waals surface area contributed by atoms with Crippen molar-refractivity contribution in [3.8, 4) is 0 Å². The highest BCUT2D eigenvalue weighted by atomic mass is 32.2. The second-order valence-electron chi connectivity index (χ2n) is 5.63. The summed E-state index contributed by atoms with van der Waals surface area (Å²) < 4.78 is 24.1. The Bertz CT molecular complexity index is 602. The summed E-state index contributed by atoms with van der Waals surface area (Å²) in [6.07, 6.45) is 0.161. The lowest BCUT2D eigenvalue weighted by atomic mass is 10.1. The first kappa shape index (κ1) is 16.9. The highest BCUT2D eigenvalue weighted by Gasteiger charge is 2.33. The lowest BCUT2D eigenvalue weighted by molar-refractivity contribution is -0.121. The summed E-state index contributed by atoms with van der Waals surface area (Å²) in [5, 5.41) is 21.5. The summed E-state index contributed by atoms with van der Waals surface area (Å²) in [6, 6.07) is 7.82. The van der Waals surface area contributed by atoms with E-state index >= 15 is 0 Å². The molecule has 22 heavy (non-hydrogen) atoms. The van der Waals surface area contributed by atoms with Crippen molar-refractivity contribution in [2.75, 3.05) is 12.4 Å². The second kappa shape index (κ2) is 7.21. The molecule has 0 aromatic heterocycles. The predicted molar refractivity (Wildman–Crippen MR) is 80.9 cm³/mol. The fourth-order valence-corrected chi connectivity index (χ4v) is 3.95. The molecule has 3 N–H and O–H groups in total. The van der Waals surface area contributed by atoms with Crippen LogP contribution in [0, 0.1) is 5.92 Å². The molecule has 1 saturated carbocycles. The summed E-state index contributed by atoms with van der Waals surface area (Å²) in [5.41, 5.74) is 0. The molecular weight excluding hydrogens is 306 g/mol. The molecule has 0 unspecified atom stereocenters. The molecule has 0 spiro atoms. The number of hydrogen-bond donors (Lipinski definition) is 3. The Morgan fingerprint density at radius 3 is 2.50 bits per heavy atom. The molecule has 1 amide bonds. The molecular formula is C15H21NO5S. The zero-order valence-electron chi connectivity index (χ0n) is 12.2. The van der Waals surface area contributed by atoms with Gasteiger partial charge in [0.05, 0.1) is 16.8 Å². The van der Waals surface area contributed by atoms with Gasteiger partial charge in [-0.25, -0.2) is 8.42 Å². The van der Waals surface area contributed by atoms with Crippen molar-refractivity contribution in [1.82, 2.24) is 5.32 Å². The minimum absolute atomic E-state index is 0.115. The van der Waals surface area contributed by atoms with Crippen molar-refractivity contribution in [2.45, 2.75) is 36.3 Å². The minimum atomic E-state index is -3.47. The normalized spacial score (nSPS) is 25.1. The molecule has 1 aliphatic rings. The van der Waals surface area contributed by atoms with Gasteiger partial charge in [0.25, 0.3) is 0 Å². The van der Waals surface area contributed by atoms with Gasteiger partial charge in [0.15, 0.2) is 9.84 Å². The van der Waals surface area contributed by atoms with Crippen molar-refractivity contribution < 1.29 is 23.4 Å². The first-order valence-electron chi connectivity index (χ1n) is 7.28. The molecule has 1 aromatic carbocycles. The van der Waals surface area contributed by atoms with Crippen LogP contribution < -0.4 is 5.32 Å². The van der Waals surface area contributed by atoms with Crippen LogP contribution in [0.3, 0.4) is 0 Å². The standard InChI is InChI=1S/C15H21NO5S/c17-10-11-8-12(9-14(11)18)16-15(19)6-7-22(20,21)13-4-2-1-3-5-13/h1-5,11-12,14,17-18H,6-10H2,(H,16,19)/t11-,12-,14+/m0/s1.